The van der Waals surface area contributed by atoms with Crippen LogP contribution in [-0.2, 0) is 21.5 Å². The summed E-state index contributed by atoms with van der Waals surface area (Å²) in [6.07, 6.45) is 1.56. The van der Waals surface area contributed by atoms with Crippen LogP contribution in [0.1, 0.15) is 18.1 Å². The quantitative estimate of drug-likeness (QED) is 0.271. The average Bonchev–Trinajstić information content (AvgIpc) is 3.09. The number of nitrogens with zero attached hydrogens (tertiary/aromatic N) is 1. The van der Waals surface area contributed by atoms with Crippen molar-refractivity contribution in [2.75, 3.05) is 6.61 Å². The van der Waals surface area contributed by atoms with Crippen LogP contribution in [0.2, 0.25) is 5.02 Å². The van der Waals surface area contributed by atoms with Gasteiger partial charge < -0.3 is 8.92 Å². The summed E-state index contributed by atoms with van der Waals surface area (Å²) in [5.74, 6) is -0.217. The molecule has 0 unspecified atom stereocenters. The van der Waals surface area contributed by atoms with Crippen molar-refractivity contribution in [3.05, 3.63) is 93.9 Å². The van der Waals surface area contributed by atoms with E-state index in [0.29, 0.717) is 10.6 Å². The van der Waals surface area contributed by atoms with E-state index < -0.39 is 16.0 Å². The van der Waals surface area contributed by atoms with Gasteiger partial charge in [-0.1, -0.05) is 48.0 Å². The Morgan fingerprint density at radius 3 is 2.46 bits per heavy atom. The Labute approximate surface area is 212 Å². The molecule has 4 rings (SSSR count). The SMILES string of the molecule is CCOc1cc(/C=C2\SC(=O)N(Cc3cccc(Cl)c3)C2=O)ccc1OS(=O)(=O)c1ccccc1. The summed E-state index contributed by atoms with van der Waals surface area (Å²) in [5.41, 5.74) is 1.28. The summed E-state index contributed by atoms with van der Waals surface area (Å²) in [6.45, 7) is 2.13. The molecule has 0 radical (unpaired) electrons. The average molecular weight is 530 g/mol. The van der Waals surface area contributed by atoms with Gasteiger partial charge in [0.05, 0.1) is 18.1 Å². The van der Waals surface area contributed by atoms with Gasteiger partial charge in [0.2, 0.25) is 0 Å². The van der Waals surface area contributed by atoms with Gasteiger partial charge in [-0.25, -0.2) is 0 Å². The lowest BCUT2D eigenvalue weighted by Gasteiger charge is -2.13. The lowest BCUT2D eigenvalue weighted by Crippen LogP contribution is -2.27. The smallest absolute Gasteiger partial charge is 0.339 e. The molecule has 180 valence electrons. The molecule has 35 heavy (non-hydrogen) atoms. The van der Waals surface area contributed by atoms with E-state index >= 15 is 0 Å². The van der Waals surface area contributed by atoms with Crippen molar-refractivity contribution >= 4 is 50.7 Å². The van der Waals surface area contributed by atoms with Gasteiger partial charge in [0.15, 0.2) is 11.5 Å². The topological polar surface area (TPSA) is 90.0 Å². The van der Waals surface area contributed by atoms with Crippen LogP contribution < -0.4 is 8.92 Å². The Bertz CT molecular complexity index is 1410. The molecular formula is C25H20ClNO6S2. The van der Waals surface area contributed by atoms with E-state index in [9.17, 15) is 18.0 Å². The zero-order valence-corrected chi connectivity index (χ0v) is 20.9. The number of benzene rings is 3. The number of thioether (sulfide) groups is 1. The normalized spacial score (nSPS) is 15.0. The van der Waals surface area contributed by atoms with E-state index in [4.69, 9.17) is 20.5 Å². The second-order valence-electron chi connectivity index (χ2n) is 7.39. The van der Waals surface area contributed by atoms with E-state index in [2.05, 4.69) is 0 Å². The second kappa shape index (κ2) is 10.6. The highest BCUT2D eigenvalue weighted by atomic mass is 35.5. The van der Waals surface area contributed by atoms with E-state index in [-0.39, 0.29) is 39.7 Å². The number of hydrogen-bond acceptors (Lipinski definition) is 7. The molecule has 1 heterocycles. The van der Waals surface area contributed by atoms with Crippen LogP contribution in [0.3, 0.4) is 0 Å². The monoisotopic (exact) mass is 529 g/mol. The van der Waals surface area contributed by atoms with Gasteiger partial charge >= 0.3 is 10.1 Å². The standard InChI is InChI=1S/C25H20ClNO6S2/c1-2-32-22-14-17(11-12-21(22)33-35(30,31)20-9-4-3-5-10-20)15-23-24(28)27(25(29)34-23)16-18-7-6-8-19(26)13-18/h3-15H,2,16H2,1H3/b23-15-. The lowest BCUT2D eigenvalue weighted by molar-refractivity contribution is -0.123. The third-order valence-corrected chi connectivity index (χ3v) is 7.29. The number of carbonyl (C=O) groups excluding carboxylic acids is 2. The fourth-order valence-corrected chi connectivity index (χ4v) is 5.32. The molecule has 3 aromatic rings. The number of carbonyl (C=O) groups is 2. The van der Waals surface area contributed by atoms with Gasteiger partial charge in [-0.3, -0.25) is 14.5 Å². The van der Waals surface area contributed by atoms with Gasteiger partial charge in [0.1, 0.15) is 4.90 Å². The first-order valence-electron chi connectivity index (χ1n) is 10.5. The zero-order valence-electron chi connectivity index (χ0n) is 18.5. The summed E-state index contributed by atoms with van der Waals surface area (Å²) in [6, 6.07) is 19.3. The molecule has 10 heteroatoms. The lowest BCUT2D eigenvalue weighted by atomic mass is 10.1. The number of imide groups is 1. The number of hydrogen-bond donors (Lipinski definition) is 0. The maximum absolute atomic E-state index is 12.9. The molecule has 0 spiro atoms. The van der Waals surface area contributed by atoms with Crippen LogP contribution in [0, 0.1) is 0 Å². The van der Waals surface area contributed by atoms with Gasteiger partial charge in [0.25, 0.3) is 11.1 Å². The highest BCUT2D eigenvalue weighted by molar-refractivity contribution is 8.18. The first kappa shape index (κ1) is 24.8. The van der Waals surface area contributed by atoms with Gasteiger partial charge in [0, 0.05) is 5.02 Å². The summed E-state index contributed by atoms with van der Waals surface area (Å²) >= 11 is 6.83. The van der Waals surface area contributed by atoms with Crippen molar-refractivity contribution in [1.82, 2.24) is 4.90 Å². The molecule has 0 N–H and O–H groups in total. The minimum Gasteiger partial charge on any atom is -0.490 e. The maximum Gasteiger partial charge on any atom is 0.339 e. The minimum atomic E-state index is -4.06. The fraction of sp³-hybridized carbons (Fsp3) is 0.120. The fourth-order valence-electron chi connectivity index (χ4n) is 3.31. The molecule has 1 aliphatic rings. The Balaban J connectivity index is 1.57. The first-order valence-corrected chi connectivity index (χ1v) is 13.1. The molecule has 0 aromatic heterocycles. The summed E-state index contributed by atoms with van der Waals surface area (Å²) in [7, 11) is -4.06. The number of halogens is 1. The summed E-state index contributed by atoms with van der Waals surface area (Å²) < 4.78 is 36.1. The van der Waals surface area contributed by atoms with Crippen molar-refractivity contribution in [3.8, 4) is 11.5 Å². The Kier molecular flexibility index (Phi) is 7.49. The van der Waals surface area contributed by atoms with Crippen molar-refractivity contribution in [3.63, 3.8) is 0 Å². The predicted molar refractivity (Wildman–Crippen MR) is 135 cm³/mol. The van der Waals surface area contributed by atoms with Crippen LogP contribution in [0.4, 0.5) is 4.79 Å². The molecule has 3 aromatic carbocycles. The van der Waals surface area contributed by atoms with Gasteiger partial charge in [-0.2, -0.15) is 8.42 Å². The minimum absolute atomic E-state index is 0.0138. The molecule has 1 saturated heterocycles. The number of rotatable bonds is 8. The van der Waals surface area contributed by atoms with Crippen LogP contribution >= 0.6 is 23.4 Å². The van der Waals surface area contributed by atoms with E-state index in [1.165, 1.54) is 18.2 Å². The van der Waals surface area contributed by atoms with Crippen molar-refractivity contribution in [1.29, 1.82) is 0 Å². The predicted octanol–water partition coefficient (Wildman–Crippen LogP) is 5.74. The highest BCUT2D eigenvalue weighted by Gasteiger charge is 2.35. The highest BCUT2D eigenvalue weighted by Crippen LogP contribution is 2.36. The molecule has 0 atom stereocenters. The second-order valence-corrected chi connectivity index (χ2v) is 10.4. The van der Waals surface area contributed by atoms with E-state index in [1.54, 1.807) is 67.6 Å². The molecule has 2 amide bonds. The molecule has 0 saturated carbocycles. The first-order chi connectivity index (χ1) is 16.8. The molecule has 1 aliphatic heterocycles. The Morgan fingerprint density at radius 2 is 1.74 bits per heavy atom. The third kappa shape index (κ3) is 5.87. The van der Waals surface area contributed by atoms with Crippen molar-refractivity contribution in [2.24, 2.45) is 0 Å². The van der Waals surface area contributed by atoms with E-state index in [1.807, 2.05) is 0 Å². The van der Waals surface area contributed by atoms with Crippen molar-refractivity contribution in [2.45, 2.75) is 18.4 Å². The third-order valence-electron chi connectivity index (χ3n) is 4.90. The Morgan fingerprint density at radius 1 is 0.971 bits per heavy atom. The zero-order chi connectivity index (χ0) is 25.0. The van der Waals surface area contributed by atoms with Crippen LogP contribution in [0.25, 0.3) is 6.08 Å². The summed E-state index contributed by atoms with van der Waals surface area (Å²) in [4.78, 5) is 26.8. The van der Waals surface area contributed by atoms with E-state index in [0.717, 1.165) is 22.2 Å². The molecule has 1 fully saturated rings. The maximum atomic E-state index is 12.9. The van der Waals surface area contributed by atoms with Gasteiger partial charge in [-0.05, 0) is 72.3 Å². The largest absolute Gasteiger partial charge is 0.490 e. The molecule has 0 aliphatic carbocycles. The van der Waals surface area contributed by atoms with Crippen LogP contribution in [0.5, 0.6) is 11.5 Å². The molecule has 7 nitrogen and oxygen atoms in total. The van der Waals surface area contributed by atoms with Crippen LogP contribution in [0.15, 0.2) is 82.6 Å². The van der Waals surface area contributed by atoms with Crippen molar-refractivity contribution < 1.29 is 26.9 Å². The summed E-state index contributed by atoms with van der Waals surface area (Å²) in [5, 5.41) is 0.130. The Hall–Kier alpha value is -3.27. The number of amides is 2. The molecule has 0 bridgehead atoms. The van der Waals surface area contributed by atoms with Crippen LogP contribution in [-0.4, -0.2) is 31.1 Å². The van der Waals surface area contributed by atoms with Gasteiger partial charge in [-0.15, -0.1) is 0 Å². The molecular weight excluding hydrogens is 510 g/mol. The number of ether oxygens (including phenoxy) is 1.